The zero-order valence-electron chi connectivity index (χ0n) is 8.73. The van der Waals surface area contributed by atoms with Crippen LogP contribution in [0.15, 0.2) is 0 Å². The fraction of sp³-hybridized carbons (Fsp3) is 1.00. The minimum Gasteiger partial charge on any atom is -0.372 e. The molecule has 1 aliphatic carbocycles. The van der Waals surface area contributed by atoms with Crippen molar-refractivity contribution in [1.29, 1.82) is 0 Å². The Labute approximate surface area is 76.5 Å². The Bertz CT molecular complexity index is 125. The van der Waals surface area contributed by atoms with Gasteiger partial charge in [0, 0.05) is 0 Å². The van der Waals surface area contributed by atoms with Crippen LogP contribution in [0.3, 0.4) is 0 Å². The van der Waals surface area contributed by atoms with Gasteiger partial charge in [-0.2, -0.15) is 0 Å². The van der Waals surface area contributed by atoms with Crippen LogP contribution in [-0.4, -0.2) is 11.7 Å². The standard InChI is InChI=1S/C11H22O/c1-4-10(2)12-11(3)8-6-5-7-9-11/h10H,4-9H2,1-3H3. The molecule has 1 aliphatic rings. The quantitative estimate of drug-likeness (QED) is 0.629. The largest absolute Gasteiger partial charge is 0.372 e. The van der Waals surface area contributed by atoms with E-state index in [1.807, 2.05) is 0 Å². The highest BCUT2D eigenvalue weighted by atomic mass is 16.5. The van der Waals surface area contributed by atoms with E-state index in [0.29, 0.717) is 6.10 Å². The molecular formula is C11H22O. The Kier molecular flexibility index (Phi) is 3.57. The van der Waals surface area contributed by atoms with Crippen molar-refractivity contribution < 1.29 is 4.74 Å². The summed E-state index contributed by atoms with van der Waals surface area (Å²) < 4.78 is 6.03. The molecule has 12 heavy (non-hydrogen) atoms. The van der Waals surface area contributed by atoms with E-state index in [4.69, 9.17) is 4.74 Å². The summed E-state index contributed by atoms with van der Waals surface area (Å²) in [7, 11) is 0. The van der Waals surface area contributed by atoms with E-state index in [1.165, 1.54) is 32.1 Å². The van der Waals surface area contributed by atoms with Crippen LogP contribution in [0.2, 0.25) is 0 Å². The van der Waals surface area contributed by atoms with E-state index in [9.17, 15) is 0 Å². The van der Waals surface area contributed by atoms with Crippen LogP contribution in [0, 0.1) is 0 Å². The third kappa shape index (κ3) is 2.78. The first-order valence-corrected chi connectivity index (χ1v) is 5.34. The molecule has 0 aromatic heterocycles. The maximum atomic E-state index is 6.03. The highest BCUT2D eigenvalue weighted by Crippen LogP contribution is 2.32. The summed E-state index contributed by atoms with van der Waals surface area (Å²) in [5.74, 6) is 0. The molecule has 1 fully saturated rings. The fourth-order valence-corrected chi connectivity index (χ4v) is 1.99. The predicted octanol–water partition coefficient (Wildman–Crippen LogP) is 3.52. The van der Waals surface area contributed by atoms with Gasteiger partial charge in [0.2, 0.25) is 0 Å². The van der Waals surface area contributed by atoms with Crippen LogP contribution >= 0.6 is 0 Å². The predicted molar refractivity (Wildman–Crippen MR) is 52.3 cm³/mol. The normalized spacial score (nSPS) is 25.2. The van der Waals surface area contributed by atoms with Crippen molar-refractivity contribution in [2.75, 3.05) is 0 Å². The second-order valence-electron chi connectivity index (χ2n) is 4.35. The molecule has 72 valence electrons. The first kappa shape index (κ1) is 10.0. The first-order valence-electron chi connectivity index (χ1n) is 5.34. The maximum absolute atomic E-state index is 6.03. The minimum absolute atomic E-state index is 0.202. The molecule has 0 aromatic rings. The molecule has 0 saturated heterocycles. The summed E-state index contributed by atoms with van der Waals surface area (Å²) in [6.45, 7) is 6.65. The second-order valence-corrected chi connectivity index (χ2v) is 4.35. The monoisotopic (exact) mass is 170 g/mol. The topological polar surface area (TPSA) is 9.23 Å². The van der Waals surface area contributed by atoms with Gasteiger partial charge in [0.1, 0.15) is 0 Å². The Balaban J connectivity index is 2.35. The molecule has 0 bridgehead atoms. The summed E-state index contributed by atoms with van der Waals surface area (Å²) in [5.41, 5.74) is 0.202. The van der Waals surface area contributed by atoms with E-state index >= 15 is 0 Å². The smallest absolute Gasteiger partial charge is 0.0658 e. The first-order chi connectivity index (χ1) is 5.66. The zero-order chi connectivity index (χ0) is 9.03. The molecule has 0 aliphatic heterocycles. The minimum atomic E-state index is 0.202. The SMILES string of the molecule is CCC(C)OC1(C)CCCCC1. The van der Waals surface area contributed by atoms with Crippen molar-refractivity contribution in [2.45, 2.75) is 71.0 Å². The Morgan fingerprint density at radius 2 is 1.83 bits per heavy atom. The molecule has 0 heterocycles. The van der Waals surface area contributed by atoms with Gasteiger partial charge in [-0.25, -0.2) is 0 Å². The van der Waals surface area contributed by atoms with E-state index in [-0.39, 0.29) is 5.60 Å². The van der Waals surface area contributed by atoms with Crippen molar-refractivity contribution in [3.63, 3.8) is 0 Å². The van der Waals surface area contributed by atoms with Crippen LogP contribution in [0.4, 0.5) is 0 Å². The van der Waals surface area contributed by atoms with Gasteiger partial charge in [-0.15, -0.1) is 0 Å². The number of hydrogen-bond donors (Lipinski definition) is 0. The maximum Gasteiger partial charge on any atom is 0.0658 e. The Hall–Kier alpha value is -0.0400. The van der Waals surface area contributed by atoms with Crippen molar-refractivity contribution in [3.8, 4) is 0 Å². The van der Waals surface area contributed by atoms with Gasteiger partial charge >= 0.3 is 0 Å². The number of ether oxygens (including phenoxy) is 1. The molecule has 1 saturated carbocycles. The molecule has 1 nitrogen and oxygen atoms in total. The van der Waals surface area contributed by atoms with Crippen molar-refractivity contribution in [3.05, 3.63) is 0 Å². The highest BCUT2D eigenvalue weighted by molar-refractivity contribution is 4.80. The van der Waals surface area contributed by atoms with Gasteiger partial charge in [0.25, 0.3) is 0 Å². The van der Waals surface area contributed by atoms with Crippen LogP contribution in [0.1, 0.15) is 59.3 Å². The van der Waals surface area contributed by atoms with Crippen LogP contribution in [0.25, 0.3) is 0 Å². The molecule has 1 rings (SSSR count). The number of rotatable bonds is 3. The molecule has 1 unspecified atom stereocenters. The average molecular weight is 170 g/mol. The molecule has 0 amide bonds. The summed E-state index contributed by atoms with van der Waals surface area (Å²) in [6.07, 6.45) is 8.21. The third-order valence-electron chi connectivity index (χ3n) is 2.97. The summed E-state index contributed by atoms with van der Waals surface area (Å²) in [6, 6.07) is 0. The van der Waals surface area contributed by atoms with E-state index in [0.717, 1.165) is 6.42 Å². The van der Waals surface area contributed by atoms with Gasteiger partial charge in [0.05, 0.1) is 11.7 Å². The lowest BCUT2D eigenvalue weighted by Gasteiger charge is -2.36. The van der Waals surface area contributed by atoms with Gasteiger partial charge in [0.15, 0.2) is 0 Å². The van der Waals surface area contributed by atoms with Crippen molar-refractivity contribution >= 4 is 0 Å². The van der Waals surface area contributed by atoms with E-state index in [1.54, 1.807) is 0 Å². The van der Waals surface area contributed by atoms with Gasteiger partial charge < -0.3 is 4.74 Å². The lowest BCUT2D eigenvalue weighted by Crippen LogP contribution is -2.34. The average Bonchev–Trinajstić information content (AvgIpc) is 2.05. The third-order valence-corrected chi connectivity index (χ3v) is 2.97. The zero-order valence-corrected chi connectivity index (χ0v) is 8.73. The van der Waals surface area contributed by atoms with Crippen LogP contribution < -0.4 is 0 Å². The Morgan fingerprint density at radius 1 is 1.25 bits per heavy atom. The van der Waals surface area contributed by atoms with Gasteiger partial charge in [-0.05, 0) is 33.1 Å². The summed E-state index contributed by atoms with van der Waals surface area (Å²) in [5, 5.41) is 0. The molecule has 1 heteroatoms. The molecular weight excluding hydrogens is 148 g/mol. The molecule has 0 N–H and O–H groups in total. The highest BCUT2D eigenvalue weighted by Gasteiger charge is 2.28. The fourth-order valence-electron chi connectivity index (χ4n) is 1.99. The molecule has 0 spiro atoms. The second kappa shape index (κ2) is 4.27. The lowest BCUT2D eigenvalue weighted by molar-refractivity contribution is -0.0959. The van der Waals surface area contributed by atoms with Crippen LogP contribution in [-0.2, 0) is 4.74 Å². The summed E-state index contributed by atoms with van der Waals surface area (Å²) in [4.78, 5) is 0. The van der Waals surface area contributed by atoms with Gasteiger partial charge in [-0.3, -0.25) is 0 Å². The van der Waals surface area contributed by atoms with E-state index < -0.39 is 0 Å². The van der Waals surface area contributed by atoms with E-state index in [2.05, 4.69) is 20.8 Å². The molecule has 0 aromatic carbocycles. The van der Waals surface area contributed by atoms with Crippen LogP contribution in [0.5, 0.6) is 0 Å². The molecule has 1 atom stereocenters. The van der Waals surface area contributed by atoms with Crippen molar-refractivity contribution in [1.82, 2.24) is 0 Å². The van der Waals surface area contributed by atoms with Gasteiger partial charge in [-0.1, -0.05) is 26.2 Å². The summed E-state index contributed by atoms with van der Waals surface area (Å²) >= 11 is 0. The number of hydrogen-bond acceptors (Lipinski definition) is 1. The molecule has 0 radical (unpaired) electrons. The van der Waals surface area contributed by atoms with Crippen molar-refractivity contribution in [2.24, 2.45) is 0 Å². The lowest BCUT2D eigenvalue weighted by atomic mass is 9.86. The Morgan fingerprint density at radius 3 is 2.33 bits per heavy atom.